The van der Waals surface area contributed by atoms with Gasteiger partial charge < -0.3 is 24.9 Å². The van der Waals surface area contributed by atoms with Crippen LogP contribution in [0.4, 0.5) is 10.1 Å². The van der Waals surface area contributed by atoms with Gasteiger partial charge in [0.1, 0.15) is 29.5 Å². The molecule has 1 heterocycles. The lowest BCUT2D eigenvalue weighted by Gasteiger charge is -2.21. The lowest BCUT2D eigenvalue weighted by molar-refractivity contribution is -0.136. The van der Waals surface area contributed by atoms with Gasteiger partial charge >= 0.3 is 5.97 Å². The van der Waals surface area contributed by atoms with E-state index < -0.39 is 11.8 Å². The van der Waals surface area contributed by atoms with Crippen LogP contribution in [-0.4, -0.2) is 36.2 Å². The highest BCUT2D eigenvalue weighted by Gasteiger charge is 2.14. The van der Waals surface area contributed by atoms with E-state index in [0.29, 0.717) is 34.8 Å². The number of amides is 1. The number of hydrogen-bond donors (Lipinski definition) is 3. The maximum absolute atomic E-state index is 14.9. The Hall–Kier alpha value is -4.33. The van der Waals surface area contributed by atoms with Crippen LogP contribution in [0.25, 0.3) is 22.3 Å². The topological polar surface area (TPSA) is 101 Å². The summed E-state index contributed by atoms with van der Waals surface area (Å²) in [6.07, 6.45) is 2.74. The van der Waals surface area contributed by atoms with Crippen molar-refractivity contribution in [3.05, 3.63) is 84.2 Å². The summed E-state index contributed by atoms with van der Waals surface area (Å²) in [5.74, 6) is -0.806. The monoisotopic (exact) mass is 518 g/mol. The molecule has 7 nitrogen and oxygen atoms in total. The second kappa shape index (κ2) is 12.8. The number of halogens is 1. The van der Waals surface area contributed by atoms with Crippen molar-refractivity contribution in [3.8, 4) is 17.1 Å². The van der Waals surface area contributed by atoms with Gasteiger partial charge in [0.05, 0.1) is 18.0 Å². The minimum Gasteiger partial charge on any atom is -0.491 e. The van der Waals surface area contributed by atoms with Crippen LogP contribution >= 0.6 is 0 Å². The van der Waals surface area contributed by atoms with E-state index in [9.17, 15) is 14.0 Å². The first kappa shape index (κ1) is 26.7. The molecule has 38 heavy (non-hydrogen) atoms. The van der Waals surface area contributed by atoms with E-state index in [1.165, 1.54) is 6.07 Å². The molecule has 0 bridgehead atoms. The molecule has 1 atom stereocenters. The molecule has 0 aliphatic heterocycles. The number of anilines is 1. The number of nitrogens with one attached hydrogen (secondary N) is 2. The van der Waals surface area contributed by atoms with Crippen LogP contribution in [0, 0.1) is 5.82 Å². The quantitative estimate of drug-likeness (QED) is 0.187. The van der Waals surface area contributed by atoms with Gasteiger partial charge in [-0.2, -0.15) is 0 Å². The first-order valence-electron chi connectivity index (χ1n) is 12.7. The van der Waals surface area contributed by atoms with Gasteiger partial charge in [0, 0.05) is 29.2 Å². The number of unbranched alkanes of at least 4 members (excludes halogenated alkanes) is 1. The van der Waals surface area contributed by atoms with Crippen LogP contribution in [0.5, 0.6) is 5.75 Å². The molecule has 0 spiro atoms. The number of fused-ring (bicyclic) bond motifs is 1. The van der Waals surface area contributed by atoms with Crippen LogP contribution in [0.2, 0.25) is 0 Å². The second-order valence-electron chi connectivity index (χ2n) is 9.06. The third-order valence-electron chi connectivity index (χ3n) is 6.13. The lowest BCUT2D eigenvalue weighted by atomic mass is 10.1. The minimum atomic E-state index is -0.963. The number of carbonyl (C=O) groups is 2. The predicted molar refractivity (Wildman–Crippen MR) is 145 cm³/mol. The zero-order valence-corrected chi connectivity index (χ0v) is 21.2. The average Bonchev–Trinajstić information content (AvgIpc) is 3.34. The van der Waals surface area contributed by atoms with Gasteiger partial charge in [0.25, 0.3) is 5.91 Å². The first-order chi connectivity index (χ1) is 18.4. The van der Waals surface area contributed by atoms with Crippen molar-refractivity contribution in [2.45, 2.75) is 38.6 Å². The Kier molecular flexibility index (Phi) is 8.98. The highest BCUT2D eigenvalue weighted by molar-refractivity contribution is 5.94. The van der Waals surface area contributed by atoms with Gasteiger partial charge in [-0.25, -0.2) is 4.39 Å². The van der Waals surface area contributed by atoms with E-state index >= 15 is 0 Å². The molecule has 0 aliphatic carbocycles. The summed E-state index contributed by atoms with van der Waals surface area (Å²) in [7, 11) is 0. The number of aliphatic carboxylic acids is 1. The molecule has 3 aromatic carbocycles. The Morgan fingerprint density at radius 2 is 1.84 bits per heavy atom. The number of carboxylic acids is 1. The van der Waals surface area contributed by atoms with Crippen molar-refractivity contribution >= 4 is 28.5 Å². The van der Waals surface area contributed by atoms with E-state index in [2.05, 4.69) is 17.6 Å². The Bertz CT molecular complexity index is 1350. The number of ether oxygens (including phenoxy) is 1. The molecule has 0 radical (unpaired) electrons. The van der Waals surface area contributed by atoms with Crippen molar-refractivity contribution in [1.29, 1.82) is 0 Å². The zero-order valence-electron chi connectivity index (χ0n) is 21.2. The third-order valence-corrected chi connectivity index (χ3v) is 6.13. The number of carboxylic acid groups (broad SMARTS) is 1. The summed E-state index contributed by atoms with van der Waals surface area (Å²) in [5.41, 5.74) is 2.35. The maximum Gasteiger partial charge on any atom is 0.305 e. The minimum absolute atomic E-state index is 0.0247. The van der Waals surface area contributed by atoms with Crippen LogP contribution in [0.15, 0.2) is 77.2 Å². The Morgan fingerprint density at radius 1 is 1.05 bits per heavy atom. The number of carbonyl (C=O) groups excluding carboxylic acids is 1. The van der Waals surface area contributed by atoms with E-state index in [1.807, 2.05) is 30.3 Å². The summed E-state index contributed by atoms with van der Waals surface area (Å²) in [4.78, 5) is 22.8. The van der Waals surface area contributed by atoms with E-state index in [0.717, 1.165) is 30.3 Å². The highest BCUT2D eigenvalue weighted by atomic mass is 19.1. The van der Waals surface area contributed by atoms with Crippen LogP contribution < -0.4 is 15.4 Å². The summed E-state index contributed by atoms with van der Waals surface area (Å²) < 4.78 is 26.7. The fourth-order valence-electron chi connectivity index (χ4n) is 4.08. The second-order valence-corrected chi connectivity index (χ2v) is 9.06. The molecule has 0 saturated heterocycles. The van der Waals surface area contributed by atoms with Gasteiger partial charge in [-0.1, -0.05) is 38.0 Å². The van der Waals surface area contributed by atoms with Crippen molar-refractivity contribution < 1.29 is 28.2 Å². The molecule has 0 saturated carbocycles. The molecule has 0 unspecified atom stereocenters. The molecule has 8 heteroatoms. The molecular weight excluding hydrogens is 487 g/mol. The fourth-order valence-corrected chi connectivity index (χ4v) is 4.08. The van der Waals surface area contributed by atoms with Gasteiger partial charge in [-0.3, -0.25) is 9.59 Å². The highest BCUT2D eigenvalue weighted by Crippen LogP contribution is 2.31. The Morgan fingerprint density at radius 3 is 2.55 bits per heavy atom. The largest absolute Gasteiger partial charge is 0.491 e. The average molecular weight is 519 g/mol. The standard InChI is InChI=1S/C30H31FN2O5/c1-2-3-7-23(33-22-11-9-20(10-12-22)30(36)32-16-15-29(34)35)19-37-24-13-14-25(26(31)18-24)28-17-21-6-4-5-8-27(21)38-28/h4-6,8-14,17-18,23,33H,2-3,7,15-16,19H2,1H3,(H,32,36)(H,34,35)/t23-/m0/s1. The Balaban J connectivity index is 1.36. The molecular formula is C30H31FN2O5. The molecule has 4 rings (SSSR count). The first-order valence-corrected chi connectivity index (χ1v) is 12.7. The number of hydrogen-bond acceptors (Lipinski definition) is 5. The lowest BCUT2D eigenvalue weighted by Crippen LogP contribution is -2.27. The smallest absolute Gasteiger partial charge is 0.305 e. The number of rotatable bonds is 13. The van der Waals surface area contributed by atoms with E-state index in [4.69, 9.17) is 14.3 Å². The number of benzene rings is 3. The molecule has 198 valence electrons. The third kappa shape index (κ3) is 7.12. The van der Waals surface area contributed by atoms with Crippen molar-refractivity contribution in [3.63, 3.8) is 0 Å². The molecule has 1 aromatic heterocycles. The summed E-state index contributed by atoms with van der Waals surface area (Å²) in [6.45, 7) is 2.52. The van der Waals surface area contributed by atoms with E-state index in [-0.39, 0.29) is 24.9 Å². The van der Waals surface area contributed by atoms with Gasteiger partial charge in [-0.15, -0.1) is 0 Å². The normalized spacial score (nSPS) is 11.7. The van der Waals surface area contributed by atoms with Crippen LogP contribution in [0.3, 0.4) is 0 Å². The van der Waals surface area contributed by atoms with Crippen molar-refractivity contribution in [1.82, 2.24) is 5.32 Å². The van der Waals surface area contributed by atoms with E-state index in [1.54, 1.807) is 36.4 Å². The molecule has 0 aliphatic rings. The SMILES string of the molecule is CCCC[C@@H](COc1ccc(-c2cc3ccccc3o2)c(F)c1)Nc1ccc(C(=O)NCCC(=O)O)cc1. The van der Waals surface area contributed by atoms with Crippen LogP contribution in [0.1, 0.15) is 43.0 Å². The maximum atomic E-state index is 14.9. The van der Waals surface area contributed by atoms with Crippen molar-refractivity contribution in [2.75, 3.05) is 18.5 Å². The van der Waals surface area contributed by atoms with Gasteiger partial charge in [0.15, 0.2) is 0 Å². The number of para-hydroxylation sites is 1. The zero-order chi connectivity index (χ0) is 26.9. The summed E-state index contributed by atoms with van der Waals surface area (Å²) in [6, 6.07) is 21.1. The fraction of sp³-hybridized carbons (Fsp3) is 0.267. The van der Waals surface area contributed by atoms with Gasteiger partial charge in [-0.05, 0) is 55.0 Å². The molecule has 0 fully saturated rings. The van der Waals surface area contributed by atoms with Gasteiger partial charge in [0.2, 0.25) is 0 Å². The summed E-state index contributed by atoms with van der Waals surface area (Å²) >= 11 is 0. The van der Waals surface area contributed by atoms with Crippen LogP contribution in [-0.2, 0) is 4.79 Å². The molecule has 3 N–H and O–H groups in total. The molecule has 4 aromatic rings. The van der Waals surface area contributed by atoms with Crippen molar-refractivity contribution in [2.24, 2.45) is 0 Å². The number of furan rings is 1. The predicted octanol–water partition coefficient (Wildman–Crippen LogP) is 6.49. The Labute approximate surface area is 220 Å². The molecule has 1 amide bonds. The summed E-state index contributed by atoms with van der Waals surface area (Å²) in [5, 5.41) is 15.6.